The van der Waals surface area contributed by atoms with Crippen LogP contribution in [-0.2, 0) is 7.05 Å². The van der Waals surface area contributed by atoms with Gasteiger partial charge in [-0.25, -0.2) is 14.5 Å². The topological polar surface area (TPSA) is 90.0 Å². The van der Waals surface area contributed by atoms with E-state index in [4.69, 9.17) is 4.98 Å². The van der Waals surface area contributed by atoms with Gasteiger partial charge in [-0.3, -0.25) is 9.48 Å². The van der Waals surface area contributed by atoms with Gasteiger partial charge in [0, 0.05) is 36.0 Å². The summed E-state index contributed by atoms with van der Waals surface area (Å²) >= 11 is 0. The molecule has 1 atom stereocenters. The molecule has 0 aliphatic heterocycles. The third-order valence-corrected chi connectivity index (χ3v) is 7.10. The van der Waals surface area contributed by atoms with Crippen LogP contribution in [0.2, 0.25) is 0 Å². The lowest BCUT2D eigenvalue weighted by molar-refractivity contribution is 0.0940. The number of carbonyl (C=O) groups is 1. The Morgan fingerprint density at radius 2 is 1.80 bits per heavy atom. The van der Waals surface area contributed by atoms with Crippen LogP contribution >= 0.6 is 0 Å². The van der Waals surface area contributed by atoms with Crippen LogP contribution in [0.25, 0.3) is 27.7 Å². The molecule has 1 amide bonds. The predicted molar refractivity (Wildman–Crippen MR) is 155 cm³/mol. The molecule has 0 bridgehead atoms. The van der Waals surface area contributed by atoms with Crippen LogP contribution in [0.5, 0.6) is 0 Å². The molecule has 0 aliphatic rings. The molecular weight excluding hydrogens is 498 g/mol. The maximum atomic E-state index is 13.5. The fourth-order valence-electron chi connectivity index (χ4n) is 4.85. The summed E-state index contributed by atoms with van der Waals surface area (Å²) in [4.78, 5) is 22.9. The van der Waals surface area contributed by atoms with Gasteiger partial charge in [0.25, 0.3) is 5.91 Å². The summed E-state index contributed by atoms with van der Waals surface area (Å²) in [5, 5.41) is 12.8. The SMILES string of the molecule is Cc1nn2cccnc2c1C(=O)NC(C)c1nc2cccc(C#Cc3cnn(C)c3C)c2cc1-c1ccccc1. The third-order valence-electron chi connectivity index (χ3n) is 7.10. The number of aromatic nitrogens is 6. The van der Waals surface area contributed by atoms with E-state index in [2.05, 4.69) is 38.4 Å². The van der Waals surface area contributed by atoms with Crippen molar-refractivity contribution in [2.75, 3.05) is 0 Å². The zero-order valence-corrected chi connectivity index (χ0v) is 22.7. The van der Waals surface area contributed by atoms with Crippen molar-refractivity contribution in [3.05, 3.63) is 113 Å². The molecule has 0 radical (unpaired) electrons. The standard InChI is InChI=1S/C32H27N7O/c1-20-29(31-33-16-9-17-39(31)37-20)32(40)35-21(2)30-27(23-10-6-5-7-11-23)18-26-24(12-8-13-28(26)36-30)14-15-25-19-34-38(4)22(25)3/h5-13,16-19,21H,1-4H3,(H,35,40). The van der Waals surface area contributed by atoms with Crippen LogP contribution in [0.1, 0.15) is 51.5 Å². The highest BCUT2D eigenvalue weighted by atomic mass is 16.1. The first-order valence-corrected chi connectivity index (χ1v) is 13.0. The zero-order valence-electron chi connectivity index (χ0n) is 22.7. The third kappa shape index (κ3) is 4.48. The van der Waals surface area contributed by atoms with E-state index in [0.29, 0.717) is 16.9 Å². The largest absolute Gasteiger partial charge is 0.344 e. The second-order valence-electron chi connectivity index (χ2n) is 9.72. The number of amides is 1. The molecule has 2 aromatic carbocycles. The van der Waals surface area contributed by atoms with Crippen molar-refractivity contribution in [1.29, 1.82) is 0 Å². The number of carbonyl (C=O) groups excluding carboxylic acids is 1. The van der Waals surface area contributed by atoms with Crippen molar-refractivity contribution >= 4 is 22.5 Å². The first-order chi connectivity index (χ1) is 19.4. The van der Waals surface area contributed by atoms with Crippen LogP contribution in [0.15, 0.2) is 79.3 Å². The molecule has 196 valence electrons. The Balaban J connectivity index is 1.43. The van der Waals surface area contributed by atoms with Gasteiger partial charge in [0.2, 0.25) is 0 Å². The van der Waals surface area contributed by atoms with E-state index in [9.17, 15) is 4.79 Å². The Morgan fingerprint density at radius 3 is 2.58 bits per heavy atom. The van der Waals surface area contributed by atoms with E-state index in [0.717, 1.165) is 44.5 Å². The molecule has 1 unspecified atom stereocenters. The van der Waals surface area contributed by atoms with E-state index in [1.54, 1.807) is 29.2 Å². The van der Waals surface area contributed by atoms with Gasteiger partial charge in [-0.2, -0.15) is 10.2 Å². The van der Waals surface area contributed by atoms with Crippen molar-refractivity contribution in [3.8, 4) is 23.0 Å². The molecule has 40 heavy (non-hydrogen) atoms. The maximum absolute atomic E-state index is 13.5. The van der Waals surface area contributed by atoms with Crippen LogP contribution in [0, 0.1) is 25.7 Å². The van der Waals surface area contributed by atoms with Crippen LogP contribution < -0.4 is 5.32 Å². The van der Waals surface area contributed by atoms with Gasteiger partial charge in [-0.1, -0.05) is 48.2 Å². The second kappa shape index (κ2) is 10.1. The molecule has 4 heterocycles. The number of rotatable bonds is 4. The van der Waals surface area contributed by atoms with Gasteiger partial charge in [-0.15, -0.1) is 0 Å². The molecule has 0 spiro atoms. The van der Waals surface area contributed by atoms with Gasteiger partial charge < -0.3 is 5.32 Å². The lowest BCUT2D eigenvalue weighted by Gasteiger charge is -2.19. The van der Waals surface area contributed by atoms with Crippen LogP contribution in [0.4, 0.5) is 0 Å². The number of aryl methyl sites for hydroxylation is 2. The highest BCUT2D eigenvalue weighted by Gasteiger charge is 2.23. The smallest absolute Gasteiger partial charge is 0.257 e. The van der Waals surface area contributed by atoms with Gasteiger partial charge in [0.1, 0.15) is 5.56 Å². The number of nitrogens with one attached hydrogen (secondary N) is 1. The number of benzene rings is 2. The molecule has 0 aliphatic carbocycles. The second-order valence-corrected chi connectivity index (χ2v) is 9.72. The zero-order chi connectivity index (χ0) is 27.8. The first kappa shape index (κ1) is 25.0. The summed E-state index contributed by atoms with van der Waals surface area (Å²) < 4.78 is 3.43. The van der Waals surface area contributed by atoms with E-state index in [1.165, 1.54) is 0 Å². The van der Waals surface area contributed by atoms with E-state index < -0.39 is 6.04 Å². The monoisotopic (exact) mass is 525 g/mol. The lowest BCUT2D eigenvalue weighted by atomic mass is 9.96. The molecule has 0 saturated heterocycles. The number of hydrogen-bond donors (Lipinski definition) is 1. The molecule has 0 fully saturated rings. The van der Waals surface area contributed by atoms with Gasteiger partial charge in [0.05, 0.1) is 40.4 Å². The molecule has 8 nitrogen and oxygen atoms in total. The number of pyridine rings is 1. The van der Waals surface area contributed by atoms with Crippen molar-refractivity contribution < 1.29 is 4.79 Å². The Labute approximate surface area is 231 Å². The summed E-state index contributed by atoms with van der Waals surface area (Å²) in [6, 6.07) is 19.5. The number of hydrogen-bond acceptors (Lipinski definition) is 5. The van der Waals surface area contributed by atoms with Gasteiger partial charge in [-0.05, 0) is 50.6 Å². The molecule has 6 rings (SSSR count). The molecule has 8 heteroatoms. The molecule has 0 saturated carbocycles. The molecule has 1 N–H and O–H groups in total. The summed E-state index contributed by atoms with van der Waals surface area (Å²) in [7, 11) is 1.91. The Morgan fingerprint density at radius 1 is 1.00 bits per heavy atom. The van der Waals surface area contributed by atoms with Crippen molar-refractivity contribution in [2.24, 2.45) is 7.05 Å². The minimum Gasteiger partial charge on any atom is -0.344 e. The fourth-order valence-corrected chi connectivity index (χ4v) is 4.85. The minimum atomic E-state index is -0.391. The average molecular weight is 526 g/mol. The normalized spacial score (nSPS) is 11.8. The summed E-state index contributed by atoms with van der Waals surface area (Å²) in [6.07, 6.45) is 5.22. The lowest BCUT2D eigenvalue weighted by Crippen LogP contribution is -2.28. The van der Waals surface area contributed by atoms with E-state index in [-0.39, 0.29) is 5.91 Å². The Hall–Kier alpha value is -5.29. The Kier molecular flexibility index (Phi) is 6.33. The average Bonchev–Trinajstić information content (AvgIpc) is 3.48. The fraction of sp³-hybridized carbons (Fsp3) is 0.156. The van der Waals surface area contributed by atoms with Crippen LogP contribution in [0.3, 0.4) is 0 Å². The van der Waals surface area contributed by atoms with E-state index >= 15 is 0 Å². The van der Waals surface area contributed by atoms with E-state index in [1.807, 2.05) is 81.0 Å². The van der Waals surface area contributed by atoms with Crippen LogP contribution in [-0.4, -0.2) is 35.3 Å². The first-order valence-electron chi connectivity index (χ1n) is 13.0. The molecule has 6 aromatic rings. The van der Waals surface area contributed by atoms with Crippen molar-refractivity contribution in [3.63, 3.8) is 0 Å². The highest BCUT2D eigenvalue weighted by molar-refractivity contribution is 6.01. The summed E-state index contributed by atoms with van der Waals surface area (Å²) in [5.41, 5.74) is 7.88. The van der Waals surface area contributed by atoms with Gasteiger partial charge >= 0.3 is 0 Å². The quantitative estimate of drug-likeness (QED) is 0.320. The predicted octanol–water partition coefficient (Wildman–Crippen LogP) is 5.19. The van der Waals surface area contributed by atoms with Gasteiger partial charge in [0.15, 0.2) is 5.65 Å². The van der Waals surface area contributed by atoms with Crippen molar-refractivity contribution in [2.45, 2.75) is 26.8 Å². The number of nitrogens with zero attached hydrogens (tertiary/aromatic N) is 6. The van der Waals surface area contributed by atoms with Crippen molar-refractivity contribution in [1.82, 2.24) is 34.7 Å². The molecular formula is C32H27N7O. The number of fused-ring (bicyclic) bond motifs is 2. The molecule has 4 aromatic heterocycles. The Bertz CT molecular complexity index is 1960. The minimum absolute atomic E-state index is 0.244. The highest BCUT2D eigenvalue weighted by Crippen LogP contribution is 2.32. The summed E-state index contributed by atoms with van der Waals surface area (Å²) in [6.45, 7) is 5.76. The maximum Gasteiger partial charge on any atom is 0.257 e. The summed E-state index contributed by atoms with van der Waals surface area (Å²) in [5.74, 6) is 6.35.